The molecule has 1 atom stereocenters. The summed E-state index contributed by atoms with van der Waals surface area (Å²) in [5.74, 6) is 1.82. The predicted molar refractivity (Wildman–Crippen MR) is 74.0 cm³/mol. The van der Waals surface area contributed by atoms with E-state index < -0.39 is 0 Å². The minimum Gasteiger partial charge on any atom is -0.330 e. The summed E-state index contributed by atoms with van der Waals surface area (Å²) in [6.07, 6.45) is 3.15. The van der Waals surface area contributed by atoms with Gasteiger partial charge in [0.15, 0.2) is 5.15 Å². The van der Waals surface area contributed by atoms with Gasteiger partial charge in [-0.25, -0.2) is 4.98 Å². The normalized spacial score (nSPS) is 18.7. The van der Waals surface area contributed by atoms with Gasteiger partial charge in [-0.15, -0.1) is 0 Å². The molecule has 1 aliphatic heterocycles. The van der Waals surface area contributed by atoms with Crippen molar-refractivity contribution in [1.82, 2.24) is 9.55 Å². The summed E-state index contributed by atoms with van der Waals surface area (Å²) >= 11 is 6.26. The van der Waals surface area contributed by atoms with E-state index in [1.165, 1.54) is 17.7 Å². The van der Waals surface area contributed by atoms with Crippen molar-refractivity contribution < 1.29 is 0 Å². The van der Waals surface area contributed by atoms with Crippen molar-refractivity contribution in [2.75, 3.05) is 0 Å². The average Bonchev–Trinajstić information content (AvgIpc) is 2.67. The zero-order chi connectivity index (χ0) is 12.5. The zero-order valence-electron chi connectivity index (χ0n) is 10.6. The molecular formula is C15H17ClN2. The number of aromatic nitrogens is 2. The molecule has 0 spiro atoms. The van der Waals surface area contributed by atoms with Crippen LogP contribution in [0.15, 0.2) is 30.3 Å². The molecule has 1 aliphatic rings. The maximum atomic E-state index is 6.26. The molecule has 0 amide bonds. The molecule has 0 radical (unpaired) electrons. The lowest BCUT2D eigenvalue weighted by Gasteiger charge is -2.22. The van der Waals surface area contributed by atoms with Crippen LogP contribution in [0, 0.1) is 5.92 Å². The van der Waals surface area contributed by atoms with Crippen molar-refractivity contribution in [2.24, 2.45) is 5.92 Å². The smallest absolute Gasteiger partial charge is 0.150 e. The lowest BCUT2D eigenvalue weighted by molar-refractivity contribution is 0.410. The summed E-state index contributed by atoms with van der Waals surface area (Å²) in [5, 5.41) is 0.701. The molecule has 1 aromatic carbocycles. The Morgan fingerprint density at radius 1 is 1.33 bits per heavy atom. The summed E-state index contributed by atoms with van der Waals surface area (Å²) < 4.78 is 2.31. The highest BCUT2D eigenvalue weighted by atomic mass is 35.5. The SMILES string of the molecule is CC1CCn2c(Cc3ccccc3)nc(Cl)c2C1. The van der Waals surface area contributed by atoms with Gasteiger partial charge in [-0.2, -0.15) is 0 Å². The van der Waals surface area contributed by atoms with Crippen LogP contribution in [0.3, 0.4) is 0 Å². The van der Waals surface area contributed by atoms with Crippen LogP contribution in [0.5, 0.6) is 0 Å². The topological polar surface area (TPSA) is 17.8 Å². The van der Waals surface area contributed by atoms with E-state index in [9.17, 15) is 0 Å². The Morgan fingerprint density at radius 2 is 2.11 bits per heavy atom. The third-order valence-corrected chi connectivity index (χ3v) is 4.00. The summed E-state index contributed by atoms with van der Waals surface area (Å²) in [6, 6.07) is 10.5. The molecule has 3 heteroatoms. The van der Waals surface area contributed by atoms with Gasteiger partial charge in [0.2, 0.25) is 0 Å². The van der Waals surface area contributed by atoms with Crippen LogP contribution in [0.25, 0.3) is 0 Å². The highest BCUT2D eigenvalue weighted by Crippen LogP contribution is 2.28. The van der Waals surface area contributed by atoms with E-state index in [0.717, 1.165) is 31.1 Å². The molecule has 0 aliphatic carbocycles. The van der Waals surface area contributed by atoms with Crippen molar-refractivity contribution in [2.45, 2.75) is 32.7 Å². The Hall–Kier alpha value is -1.28. The van der Waals surface area contributed by atoms with Gasteiger partial charge in [0.1, 0.15) is 5.82 Å². The van der Waals surface area contributed by atoms with Crippen molar-refractivity contribution in [3.63, 3.8) is 0 Å². The van der Waals surface area contributed by atoms with E-state index in [-0.39, 0.29) is 0 Å². The minimum absolute atomic E-state index is 0.701. The van der Waals surface area contributed by atoms with Gasteiger partial charge < -0.3 is 4.57 Å². The van der Waals surface area contributed by atoms with Crippen LogP contribution in [0.1, 0.15) is 30.4 Å². The average molecular weight is 261 g/mol. The van der Waals surface area contributed by atoms with E-state index in [2.05, 4.69) is 40.7 Å². The lowest BCUT2D eigenvalue weighted by atomic mass is 9.98. The molecule has 0 saturated heterocycles. The first-order valence-electron chi connectivity index (χ1n) is 6.51. The number of benzene rings is 1. The van der Waals surface area contributed by atoms with Crippen molar-refractivity contribution in [3.8, 4) is 0 Å². The van der Waals surface area contributed by atoms with Crippen molar-refractivity contribution >= 4 is 11.6 Å². The standard InChI is InChI=1S/C15H17ClN2/c1-11-7-8-18-13(9-11)15(16)17-14(18)10-12-5-3-2-4-6-12/h2-6,11H,7-10H2,1H3. The molecule has 0 fully saturated rings. The molecule has 0 N–H and O–H groups in total. The second-order valence-electron chi connectivity index (χ2n) is 5.18. The maximum Gasteiger partial charge on any atom is 0.150 e. The number of fused-ring (bicyclic) bond motifs is 1. The van der Waals surface area contributed by atoms with Crippen LogP contribution in [0.4, 0.5) is 0 Å². The van der Waals surface area contributed by atoms with Gasteiger partial charge >= 0.3 is 0 Å². The largest absolute Gasteiger partial charge is 0.330 e. The quantitative estimate of drug-likeness (QED) is 0.805. The maximum absolute atomic E-state index is 6.26. The summed E-state index contributed by atoms with van der Waals surface area (Å²) in [5.41, 5.74) is 2.52. The van der Waals surface area contributed by atoms with Gasteiger partial charge in [-0.3, -0.25) is 0 Å². The fourth-order valence-corrected chi connectivity index (χ4v) is 2.94. The molecule has 1 aromatic heterocycles. The van der Waals surface area contributed by atoms with E-state index in [4.69, 9.17) is 11.6 Å². The molecule has 0 bridgehead atoms. The van der Waals surface area contributed by atoms with Gasteiger partial charge in [-0.1, -0.05) is 48.9 Å². The Morgan fingerprint density at radius 3 is 2.89 bits per heavy atom. The Kier molecular flexibility index (Phi) is 3.13. The van der Waals surface area contributed by atoms with Gasteiger partial charge in [0.05, 0.1) is 5.69 Å². The second kappa shape index (κ2) is 4.77. The zero-order valence-corrected chi connectivity index (χ0v) is 11.3. The number of halogens is 1. The monoisotopic (exact) mass is 260 g/mol. The number of imidazole rings is 1. The van der Waals surface area contributed by atoms with Gasteiger partial charge in [0, 0.05) is 13.0 Å². The molecule has 2 heterocycles. The third kappa shape index (κ3) is 2.17. The van der Waals surface area contributed by atoms with Crippen molar-refractivity contribution in [1.29, 1.82) is 0 Å². The molecule has 2 nitrogen and oxygen atoms in total. The number of hydrogen-bond donors (Lipinski definition) is 0. The fourth-order valence-electron chi connectivity index (χ4n) is 2.66. The Bertz CT molecular complexity index is 545. The molecule has 18 heavy (non-hydrogen) atoms. The van der Waals surface area contributed by atoms with Gasteiger partial charge in [0.25, 0.3) is 0 Å². The predicted octanol–water partition coefficient (Wildman–Crippen LogP) is 3.71. The van der Waals surface area contributed by atoms with Gasteiger partial charge in [-0.05, 0) is 24.3 Å². The van der Waals surface area contributed by atoms with Crippen LogP contribution in [-0.4, -0.2) is 9.55 Å². The Labute approximate surface area is 113 Å². The minimum atomic E-state index is 0.701. The highest BCUT2D eigenvalue weighted by Gasteiger charge is 2.22. The molecule has 94 valence electrons. The van der Waals surface area contributed by atoms with E-state index >= 15 is 0 Å². The summed E-state index contributed by atoms with van der Waals surface area (Å²) in [7, 11) is 0. The van der Waals surface area contributed by atoms with Crippen molar-refractivity contribution in [3.05, 3.63) is 52.6 Å². The van der Waals surface area contributed by atoms with E-state index in [1.807, 2.05) is 6.07 Å². The van der Waals surface area contributed by atoms with Crippen LogP contribution in [-0.2, 0) is 19.4 Å². The van der Waals surface area contributed by atoms with Crippen LogP contribution in [0.2, 0.25) is 5.15 Å². The number of nitrogens with zero attached hydrogens (tertiary/aromatic N) is 2. The van der Waals surface area contributed by atoms with E-state index in [0.29, 0.717) is 5.15 Å². The number of hydrogen-bond acceptors (Lipinski definition) is 1. The summed E-state index contributed by atoms with van der Waals surface area (Å²) in [4.78, 5) is 4.55. The van der Waals surface area contributed by atoms with Crippen LogP contribution >= 0.6 is 11.6 Å². The highest BCUT2D eigenvalue weighted by molar-refractivity contribution is 6.30. The molecule has 1 unspecified atom stereocenters. The second-order valence-corrected chi connectivity index (χ2v) is 5.54. The molecule has 0 saturated carbocycles. The fraction of sp³-hybridized carbons (Fsp3) is 0.400. The lowest BCUT2D eigenvalue weighted by Crippen LogP contribution is -2.18. The number of rotatable bonds is 2. The molecule has 3 rings (SSSR count). The third-order valence-electron chi connectivity index (χ3n) is 3.70. The first-order chi connectivity index (χ1) is 8.74. The molecule has 2 aromatic rings. The summed E-state index contributed by atoms with van der Waals surface area (Å²) in [6.45, 7) is 3.34. The van der Waals surface area contributed by atoms with E-state index in [1.54, 1.807) is 0 Å². The first kappa shape index (κ1) is 11.8. The first-order valence-corrected chi connectivity index (χ1v) is 6.89. The van der Waals surface area contributed by atoms with Crippen LogP contribution < -0.4 is 0 Å². The molecular weight excluding hydrogens is 244 g/mol. The Balaban J connectivity index is 1.92.